The summed E-state index contributed by atoms with van der Waals surface area (Å²) in [4.78, 5) is 21.2. The Labute approximate surface area is 106 Å². The molecule has 5 heteroatoms. The van der Waals surface area contributed by atoms with Gasteiger partial charge in [0, 0.05) is 19.6 Å². The van der Waals surface area contributed by atoms with Crippen molar-refractivity contribution in [2.45, 2.75) is 6.54 Å². The van der Waals surface area contributed by atoms with Gasteiger partial charge in [-0.25, -0.2) is 4.98 Å². The lowest BCUT2D eigenvalue weighted by Crippen LogP contribution is -2.30. The van der Waals surface area contributed by atoms with Gasteiger partial charge >= 0.3 is 0 Å². The van der Waals surface area contributed by atoms with Crippen LogP contribution in [-0.2, 0) is 6.54 Å². The quantitative estimate of drug-likeness (QED) is 0.810. The monoisotopic (exact) mass is 246 g/mol. The molecule has 0 bridgehead atoms. The molecule has 0 aliphatic rings. The summed E-state index contributed by atoms with van der Waals surface area (Å²) in [5.41, 5.74) is 2.07. The van der Waals surface area contributed by atoms with Gasteiger partial charge < -0.3 is 10.3 Å². The van der Waals surface area contributed by atoms with Crippen LogP contribution in [0, 0.1) is 0 Å². The molecule has 5 nitrogen and oxygen atoms in total. The normalized spacial score (nSPS) is 11.3. The van der Waals surface area contributed by atoms with E-state index in [-0.39, 0.29) is 5.56 Å². The van der Waals surface area contributed by atoms with Crippen LogP contribution in [0.15, 0.2) is 29.1 Å². The predicted octanol–water partition coefficient (Wildman–Crippen LogP) is 0.574. The predicted molar refractivity (Wildman–Crippen MR) is 72.6 cm³/mol. The molecule has 18 heavy (non-hydrogen) atoms. The topological polar surface area (TPSA) is 61.0 Å². The number of hydrogen-bond donors (Lipinski definition) is 2. The largest absolute Gasteiger partial charge is 0.319 e. The number of nitrogens with one attached hydrogen (secondary N) is 2. The molecule has 0 saturated carbocycles. The van der Waals surface area contributed by atoms with Crippen molar-refractivity contribution < 1.29 is 0 Å². The third-order valence-electron chi connectivity index (χ3n) is 2.83. The summed E-state index contributed by atoms with van der Waals surface area (Å²) in [6.45, 7) is 2.33. The third-order valence-corrected chi connectivity index (χ3v) is 2.83. The van der Waals surface area contributed by atoms with Gasteiger partial charge in [-0.15, -0.1) is 0 Å². The Balaban J connectivity index is 2.22. The van der Waals surface area contributed by atoms with Crippen molar-refractivity contribution >= 4 is 11.0 Å². The number of aromatic nitrogens is 2. The van der Waals surface area contributed by atoms with Gasteiger partial charge in [0.25, 0.3) is 5.56 Å². The van der Waals surface area contributed by atoms with Crippen LogP contribution in [0.4, 0.5) is 0 Å². The molecule has 0 amide bonds. The van der Waals surface area contributed by atoms with Crippen LogP contribution in [0.25, 0.3) is 11.0 Å². The number of aromatic amines is 1. The van der Waals surface area contributed by atoms with Crippen molar-refractivity contribution in [3.63, 3.8) is 0 Å². The highest BCUT2D eigenvalue weighted by Gasteiger charge is 2.07. The summed E-state index contributed by atoms with van der Waals surface area (Å²) in [6, 6.07) is 7.57. The van der Waals surface area contributed by atoms with Gasteiger partial charge in [-0.1, -0.05) is 12.1 Å². The number of nitrogens with zero attached hydrogens (tertiary/aromatic N) is 2. The lowest BCUT2D eigenvalue weighted by molar-refractivity contribution is 0.323. The van der Waals surface area contributed by atoms with Crippen LogP contribution in [0.1, 0.15) is 5.69 Å². The molecule has 1 aromatic carbocycles. The molecule has 96 valence electrons. The van der Waals surface area contributed by atoms with Gasteiger partial charge in [-0.05, 0) is 26.2 Å². The number of hydrogen-bond acceptors (Lipinski definition) is 4. The number of H-pyrrole nitrogens is 1. The summed E-state index contributed by atoms with van der Waals surface area (Å²) < 4.78 is 0. The minimum Gasteiger partial charge on any atom is -0.319 e. The Morgan fingerprint density at radius 3 is 2.94 bits per heavy atom. The number of likely N-dealkylation sites (N-methyl/N-ethyl adjacent to an activating group) is 2. The number of fused-ring (bicyclic) bond motifs is 1. The highest BCUT2D eigenvalue weighted by atomic mass is 16.1. The van der Waals surface area contributed by atoms with Gasteiger partial charge in [-0.3, -0.25) is 9.69 Å². The van der Waals surface area contributed by atoms with Crippen LogP contribution in [0.5, 0.6) is 0 Å². The second-order valence-corrected chi connectivity index (χ2v) is 4.37. The summed E-state index contributed by atoms with van der Waals surface area (Å²) in [7, 11) is 3.89. The minimum absolute atomic E-state index is 0.106. The molecule has 1 aromatic heterocycles. The summed E-state index contributed by atoms with van der Waals surface area (Å²) in [5, 5.41) is 3.08. The van der Waals surface area contributed by atoms with E-state index in [2.05, 4.69) is 20.2 Å². The first-order chi connectivity index (χ1) is 8.70. The molecule has 1 heterocycles. The SMILES string of the molecule is CNCCN(C)Cc1nc2ccccc2[nH]c1=O. The number of benzene rings is 1. The zero-order valence-corrected chi connectivity index (χ0v) is 10.7. The van der Waals surface area contributed by atoms with Gasteiger partial charge in [0.1, 0.15) is 5.69 Å². The molecular weight excluding hydrogens is 228 g/mol. The van der Waals surface area contributed by atoms with E-state index < -0.39 is 0 Å². The average molecular weight is 246 g/mol. The zero-order valence-electron chi connectivity index (χ0n) is 10.7. The molecule has 0 aliphatic carbocycles. The third kappa shape index (κ3) is 2.94. The van der Waals surface area contributed by atoms with E-state index >= 15 is 0 Å². The maximum absolute atomic E-state index is 11.9. The Morgan fingerprint density at radius 2 is 2.17 bits per heavy atom. The molecule has 0 saturated heterocycles. The van der Waals surface area contributed by atoms with Crippen molar-refractivity contribution in [1.82, 2.24) is 20.2 Å². The Morgan fingerprint density at radius 1 is 1.39 bits per heavy atom. The lowest BCUT2D eigenvalue weighted by atomic mass is 10.3. The minimum atomic E-state index is -0.106. The highest BCUT2D eigenvalue weighted by molar-refractivity contribution is 5.73. The second-order valence-electron chi connectivity index (χ2n) is 4.37. The van der Waals surface area contributed by atoms with E-state index in [9.17, 15) is 4.79 Å². The van der Waals surface area contributed by atoms with Crippen LogP contribution >= 0.6 is 0 Å². The molecule has 0 unspecified atom stereocenters. The fraction of sp³-hybridized carbons (Fsp3) is 0.385. The molecule has 0 atom stereocenters. The Hall–Kier alpha value is -1.72. The maximum Gasteiger partial charge on any atom is 0.271 e. The Kier molecular flexibility index (Phi) is 4.07. The fourth-order valence-corrected chi connectivity index (χ4v) is 1.81. The first-order valence-electron chi connectivity index (χ1n) is 6.02. The van der Waals surface area contributed by atoms with Crippen molar-refractivity contribution in [2.24, 2.45) is 0 Å². The van der Waals surface area contributed by atoms with Gasteiger partial charge in [0.15, 0.2) is 0 Å². The van der Waals surface area contributed by atoms with E-state index in [1.54, 1.807) is 0 Å². The van der Waals surface area contributed by atoms with Crippen LogP contribution < -0.4 is 10.9 Å². The van der Waals surface area contributed by atoms with E-state index in [1.807, 2.05) is 38.4 Å². The average Bonchev–Trinajstić information content (AvgIpc) is 2.37. The smallest absolute Gasteiger partial charge is 0.271 e. The van der Waals surface area contributed by atoms with Gasteiger partial charge in [-0.2, -0.15) is 0 Å². The molecule has 0 fully saturated rings. The molecule has 0 spiro atoms. The van der Waals surface area contributed by atoms with Crippen LogP contribution in [0.3, 0.4) is 0 Å². The van der Waals surface area contributed by atoms with E-state index in [0.717, 1.165) is 24.1 Å². The molecule has 0 aliphatic heterocycles. The summed E-state index contributed by atoms with van der Waals surface area (Å²) in [5.74, 6) is 0. The molecule has 0 radical (unpaired) electrons. The second kappa shape index (κ2) is 5.75. The van der Waals surface area contributed by atoms with Crippen molar-refractivity contribution in [3.05, 3.63) is 40.3 Å². The zero-order chi connectivity index (χ0) is 13.0. The van der Waals surface area contributed by atoms with Crippen molar-refractivity contribution in [3.8, 4) is 0 Å². The lowest BCUT2D eigenvalue weighted by Gasteiger charge is -2.15. The standard InChI is InChI=1S/C13H18N4O/c1-14-7-8-17(2)9-12-13(18)16-11-6-4-3-5-10(11)15-12/h3-6,14H,7-9H2,1-2H3,(H,16,18). The van der Waals surface area contributed by atoms with E-state index in [4.69, 9.17) is 0 Å². The molecular formula is C13H18N4O. The van der Waals surface area contributed by atoms with Crippen LogP contribution in [0.2, 0.25) is 0 Å². The Bertz CT molecular complexity index is 578. The maximum atomic E-state index is 11.9. The first-order valence-corrected chi connectivity index (χ1v) is 6.02. The number of rotatable bonds is 5. The molecule has 2 rings (SSSR count). The van der Waals surface area contributed by atoms with Gasteiger partial charge in [0.2, 0.25) is 0 Å². The van der Waals surface area contributed by atoms with Gasteiger partial charge in [0.05, 0.1) is 11.0 Å². The fourth-order valence-electron chi connectivity index (χ4n) is 1.81. The van der Waals surface area contributed by atoms with Crippen LogP contribution in [-0.4, -0.2) is 42.1 Å². The number of para-hydroxylation sites is 2. The molecule has 2 aromatic rings. The van der Waals surface area contributed by atoms with Crippen molar-refractivity contribution in [2.75, 3.05) is 27.2 Å². The molecule has 2 N–H and O–H groups in total. The summed E-state index contributed by atoms with van der Waals surface area (Å²) in [6.07, 6.45) is 0. The highest BCUT2D eigenvalue weighted by Crippen LogP contribution is 2.06. The van der Waals surface area contributed by atoms with E-state index in [1.165, 1.54) is 0 Å². The van der Waals surface area contributed by atoms with Crippen molar-refractivity contribution in [1.29, 1.82) is 0 Å². The van der Waals surface area contributed by atoms with E-state index in [0.29, 0.717) is 12.2 Å². The first kappa shape index (κ1) is 12.7. The summed E-state index contributed by atoms with van der Waals surface area (Å²) >= 11 is 0.